The number of carboxylic acid groups (broad SMARTS) is 2. The molecule has 27 heavy (non-hydrogen) atoms. The van der Waals surface area contributed by atoms with Crippen molar-refractivity contribution >= 4 is 27.9 Å². The minimum atomic E-state index is -1.26. The largest absolute Gasteiger partial charge is 0.478 e. The molecule has 0 aliphatic heterocycles. The van der Waals surface area contributed by atoms with Gasteiger partial charge in [0.2, 0.25) is 0 Å². The van der Waals surface area contributed by atoms with Crippen LogP contribution in [0.1, 0.15) is 23.6 Å². The standard InChI is InChI=1S/C16H19BrN2.C4H4O4/c1-19(2)12-10-15(16-5-3-4-11-18-16)13-6-8-14(17)9-7-13;5-3(6)1-2-4(7)8/h3-9,11,15H,10,12H2,1-2H3;1-2H,(H,5,6)(H,7,8)/t15-;/m0./s1. The Bertz CT molecular complexity index is 730. The number of carbonyl (C=O) groups is 2. The normalized spacial score (nSPS) is 11.7. The summed E-state index contributed by atoms with van der Waals surface area (Å²) in [6.45, 7) is 1.05. The van der Waals surface area contributed by atoms with Gasteiger partial charge in [0.15, 0.2) is 0 Å². The van der Waals surface area contributed by atoms with Crippen molar-refractivity contribution in [3.05, 3.63) is 76.5 Å². The number of benzene rings is 1. The first-order valence-corrected chi connectivity index (χ1v) is 9.04. The molecule has 7 heteroatoms. The average molecular weight is 435 g/mol. The van der Waals surface area contributed by atoms with Gasteiger partial charge in [0, 0.05) is 34.4 Å². The predicted molar refractivity (Wildman–Crippen MR) is 108 cm³/mol. The minimum absolute atomic E-state index is 0.358. The SMILES string of the molecule is CN(C)CC[C@@H](c1ccc(Br)cc1)c1ccccn1.O=C(O)C=CC(=O)O. The van der Waals surface area contributed by atoms with E-state index in [4.69, 9.17) is 10.2 Å². The maximum Gasteiger partial charge on any atom is 0.328 e. The van der Waals surface area contributed by atoms with Gasteiger partial charge in [-0.15, -0.1) is 0 Å². The fourth-order valence-corrected chi connectivity index (χ4v) is 2.56. The van der Waals surface area contributed by atoms with Gasteiger partial charge in [-0.3, -0.25) is 4.98 Å². The first-order chi connectivity index (χ1) is 12.8. The third kappa shape index (κ3) is 9.67. The lowest BCUT2D eigenvalue weighted by Gasteiger charge is -2.19. The van der Waals surface area contributed by atoms with Crippen LogP contribution in [-0.4, -0.2) is 52.7 Å². The summed E-state index contributed by atoms with van der Waals surface area (Å²) < 4.78 is 1.11. The summed E-state index contributed by atoms with van der Waals surface area (Å²) in [6.07, 6.45) is 4.06. The lowest BCUT2D eigenvalue weighted by molar-refractivity contribution is -0.134. The van der Waals surface area contributed by atoms with Crippen LogP contribution in [-0.2, 0) is 9.59 Å². The number of pyridine rings is 1. The molecule has 0 aliphatic rings. The summed E-state index contributed by atoms with van der Waals surface area (Å²) in [5, 5.41) is 15.6. The highest BCUT2D eigenvalue weighted by Crippen LogP contribution is 2.27. The Hall–Kier alpha value is -2.51. The summed E-state index contributed by atoms with van der Waals surface area (Å²) in [4.78, 5) is 25.8. The van der Waals surface area contributed by atoms with Crippen molar-refractivity contribution in [2.45, 2.75) is 12.3 Å². The van der Waals surface area contributed by atoms with Crippen molar-refractivity contribution in [3.8, 4) is 0 Å². The number of rotatable bonds is 7. The van der Waals surface area contributed by atoms with Crippen molar-refractivity contribution in [2.75, 3.05) is 20.6 Å². The van der Waals surface area contributed by atoms with Crippen LogP contribution in [0.2, 0.25) is 0 Å². The number of hydrogen-bond donors (Lipinski definition) is 2. The first kappa shape index (κ1) is 22.5. The van der Waals surface area contributed by atoms with E-state index in [0.717, 1.165) is 23.1 Å². The predicted octanol–water partition coefficient (Wildman–Crippen LogP) is 3.64. The molecule has 144 valence electrons. The molecule has 2 N–H and O–H groups in total. The second kappa shape index (κ2) is 12.0. The Morgan fingerprint density at radius 1 is 1.07 bits per heavy atom. The van der Waals surface area contributed by atoms with Crippen molar-refractivity contribution in [2.24, 2.45) is 0 Å². The second-order valence-corrected chi connectivity index (χ2v) is 6.88. The zero-order valence-electron chi connectivity index (χ0n) is 15.2. The third-order valence-corrected chi connectivity index (χ3v) is 4.08. The Morgan fingerprint density at radius 3 is 2.11 bits per heavy atom. The molecule has 0 aliphatic carbocycles. The summed E-state index contributed by atoms with van der Waals surface area (Å²) in [6, 6.07) is 14.7. The third-order valence-electron chi connectivity index (χ3n) is 3.55. The monoisotopic (exact) mass is 434 g/mol. The Balaban J connectivity index is 0.000000387. The smallest absolute Gasteiger partial charge is 0.328 e. The lowest BCUT2D eigenvalue weighted by atomic mass is 9.92. The zero-order valence-corrected chi connectivity index (χ0v) is 16.8. The van der Waals surface area contributed by atoms with Gasteiger partial charge in [-0.25, -0.2) is 9.59 Å². The highest BCUT2D eigenvalue weighted by atomic mass is 79.9. The molecule has 1 atom stereocenters. The molecule has 1 aromatic carbocycles. The van der Waals surface area contributed by atoms with Crippen LogP contribution < -0.4 is 0 Å². The first-order valence-electron chi connectivity index (χ1n) is 8.24. The zero-order chi connectivity index (χ0) is 20.2. The average Bonchev–Trinajstić information content (AvgIpc) is 2.63. The highest BCUT2D eigenvalue weighted by molar-refractivity contribution is 9.10. The number of hydrogen-bond acceptors (Lipinski definition) is 4. The van der Waals surface area contributed by atoms with E-state index in [0.29, 0.717) is 18.1 Å². The number of aliphatic carboxylic acids is 2. The van der Waals surface area contributed by atoms with Gasteiger partial charge in [0.25, 0.3) is 0 Å². The van der Waals surface area contributed by atoms with Crippen LogP contribution in [0.4, 0.5) is 0 Å². The quantitative estimate of drug-likeness (QED) is 0.646. The number of aromatic nitrogens is 1. The van der Waals surface area contributed by atoms with E-state index in [1.54, 1.807) is 0 Å². The molecule has 0 saturated heterocycles. The molecule has 0 bridgehead atoms. The van der Waals surface area contributed by atoms with E-state index in [2.05, 4.69) is 76.3 Å². The van der Waals surface area contributed by atoms with Crippen molar-refractivity contribution in [1.29, 1.82) is 0 Å². The number of carboxylic acids is 2. The maximum atomic E-state index is 9.55. The van der Waals surface area contributed by atoms with Crippen LogP contribution in [0.3, 0.4) is 0 Å². The Labute approximate surface area is 167 Å². The van der Waals surface area contributed by atoms with Gasteiger partial charge in [-0.1, -0.05) is 34.1 Å². The van der Waals surface area contributed by atoms with E-state index >= 15 is 0 Å². The topological polar surface area (TPSA) is 90.7 Å². The van der Waals surface area contributed by atoms with Gasteiger partial charge in [0.1, 0.15) is 0 Å². The summed E-state index contributed by atoms with van der Waals surface area (Å²) in [7, 11) is 4.22. The maximum absolute atomic E-state index is 9.55. The molecule has 2 rings (SSSR count). The van der Waals surface area contributed by atoms with Gasteiger partial charge >= 0.3 is 11.9 Å². The number of halogens is 1. The molecular formula is C20H23BrN2O4. The summed E-state index contributed by atoms with van der Waals surface area (Å²) >= 11 is 3.49. The molecule has 2 aromatic rings. The van der Waals surface area contributed by atoms with Crippen LogP contribution in [0, 0.1) is 0 Å². The Morgan fingerprint density at radius 2 is 1.67 bits per heavy atom. The van der Waals surface area contributed by atoms with Gasteiger partial charge in [-0.2, -0.15) is 0 Å². The van der Waals surface area contributed by atoms with E-state index in [1.807, 2.05) is 12.3 Å². The Kier molecular flexibility index (Phi) is 10.00. The fraction of sp³-hybridized carbons (Fsp3) is 0.250. The van der Waals surface area contributed by atoms with Crippen LogP contribution in [0.25, 0.3) is 0 Å². The highest BCUT2D eigenvalue weighted by Gasteiger charge is 2.15. The van der Waals surface area contributed by atoms with Crippen LogP contribution in [0.5, 0.6) is 0 Å². The van der Waals surface area contributed by atoms with E-state index in [1.165, 1.54) is 5.56 Å². The molecule has 0 fully saturated rings. The van der Waals surface area contributed by atoms with Crippen LogP contribution in [0.15, 0.2) is 65.3 Å². The minimum Gasteiger partial charge on any atom is -0.478 e. The van der Waals surface area contributed by atoms with Crippen molar-refractivity contribution in [1.82, 2.24) is 9.88 Å². The summed E-state index contributed by atoms with van der Waals surface area (Å²) in [5.74, 6) is -2.16. The molecule has 0 saturated carbocycles. The molecular weight excluding hydrogens is 412 g/mol. The molecule has 1 aromatic heterocycles. The summed E-state index contributed by atoms with van der Waals surface area (Å²) in [5.41, 5.74) is 2.47. The fourth-order valence-electron chi connectivity index (χ4n) is 2.29. The van der Waals surface area contributed by atoms with Gasteiger partial charge in [0.05, 0.1) is 0 Å². The molecule has 1 heterocycles. The van der Waals surface area contributed by atoms with Crippen LogP contribution >= 0.6 is 15.9 Å². The molecule has 0 radical (unpaired) electrons. The lowest BCUT2D eigenvalue weighted by Crippen LogP contribution is -2.17. The van der Waals surface area contributed by atoms with Crippen molar-refractivity contribution in [3.63, 3.8) is 0 Å². The second-order valence-electron chi connectivity index (χ2n) is 5.96. The van der Waals surface area contributed by atoms with E-state index in [-0.39, 0.29) is 0 Å². The van der Waals surface area contributed by atoms with E-state index in [9.17, 15) is 9.59 Å². The number of nitrogens with zero attached hydrogens (tertiary/aromatic N) is 2. The molecule has 0 unspecified atom stereocenters. The molecule has 6 nitrogen and oxygen atoms in total. The van der Waals surface area contributed by atoms with Crippen molar-refractivity contribution < 1.29 is 19.8 Å². The van der Waals surface area contributed by atoms with Gasteiger partial charge < -0.3 is 15.1 Å². The van der Waals surface area contributed by atoms with Gasteiger partial charge in [-0.05, 0) is 56.9 Å². The van der Waals surface area contributed by atoms with E-state index < -0.39 is 11.9 Å². The molecule has 0 amide bonds. The molecule has 0 spiro atoms.